The molecule has 25 heavy (non-hydrogen) atoms. The summed E-state index contributed by atoms with van der Waals surface area (Å²) in [5, 5.41) is 7.43. The highest BCUT2D eigenvalue weighted by atomic mass is 16.2. The van der Waals surface area contributed by atoms with Crippen LogP contribution < -0.4 is 5.32 Å². The zero-order valence-corrected chi connectivity index (χ0v) is 15.7. The molecule has 2 fully saturated rings. The highest BCUT2D eigenvalue weighted by Gasteiger charge is 2.40. The number of urea groups is 1. The molecule has 2 aliphatic rings. The van der Waals surface area contributed by atoms with Gasteiger partial charge in [0.05, 0.1) is 24.2 Å². The fourth-order valence-corrected chi connectivity index (χ4v) is 3.26. The molecule has 0 aromatic carbocycles. The Labute approximate surface area is 149 Å². The van der Waals surface area contributed by atoms with Gasteiger partial charge in [0, 0.05) is 12.6 Å². The minimum atomic E-state index is -0.221. The van der Waals surface area contributed by atoms with E-state index in [4.69, 9.17) is 0 Å². The summed E-state index contributed by atoms with van der Waals surface area (Å²) in [6.45, 7) is 10.0. The molecule has 1 N–H and O–H groups in total. The monoisotopic (exact) mass is 347 g/mol. The van der Waals surface area contributed by atoms with Crippen LogP contribution in [0.15, 0.2) is 6.20 Å². The number of nitrogens with zero attached hydrogens (tertiary/aromatic N) is 4. The fourth-order valence-electron chi connectivity index (χ4n) is 3.26. The number of amides is 3. The topological polar surface area (TPSA) is 70.5 Å². The Bertz CT molecular complexity index is 648. The van der Waals surface area contributed by atoms with Gasteiger partial charge in [0.25, 0.3) is 0 Å². The lowest BCUT2D eigenvalue weighted by Crippen LogP contribution is -2.35. The Balaban J connectivity index is 1.67. The molecule has 1 aliphatic carbocycles. The lowest BCUT2D eigenvalue weighted by Gasteiger charge is -2.19. The van der Waals surface area contributed by atoms with Gasteiger partial charge in [0.15, 0.2) is 0 Å². The van der Waals surface area contributed by atoms with E-state index in [-0.39, 0.29) is 24.4 Å². The van der Waals surface area contributed by atoms with Crippen LogP contribution in [0.25, 0.3) is 0 Å². The first-order valence-electron chi connectivity index (χ1n) is 9.28. The van der Waals surface area contributed by atoms with Crippen LogP contribution >= 0.6 is 0 Å². The van der Waals surface area contributed by atoms with E-state index in [0.717, 1.165) is 37.2 Å². The van der Waals surface area contributed by atoms with Gasteiger partial charge >= 0.3 is 6.03 Å². The second kappa shape index (κ2) is 7.06. The minimum absolute atomic E-state index is 0.0503. The number of hydrogen-bond acceptors (Lipinski definition) is 3. The standard InChI is InChI=1S/C18H29N5O2/c1-12(2)7-8-23-17(13(3)4)15(9-19-23)20-18(25)21-10-16(24)22(11-21)14-5-6-14/h9,12-14H,5-8,10-11H2,1-4H3,(H,20,25). The summed E-state index contributed by atoms with van der Waals surface area (Å²) < 4.78 is 1.99. The number of carbonyl (C=O) groups excluding carboxylic acids is 2. The quantitative estimate of drug-likeness (QED) is 0.860. The van der Waals surface area contributed by atoms with Crippen molar-refractivity contribution in [2.75, 3.05) is 18.5 Å². The zero-order valence-electron chi connectivity index (χ0n) is 15.7. The van der Waals surface area contributed by atoms with Gasteiger partial charge in [0.1, 0.15) is 6.54 Å². The van der Waals surface area contributed by atoms with Crippen LogP contribution in [0.3, 0.4) is 0 Å². The van der Waals surface area contributed by atoms with Gasteiger partial charge in [-0.3, -0.25) is 14.4 Å². The number of nitrogens with one attached hydrogen (secondary N) is 1. The minimum Gasteiger partial charge on any atom is -0.320 e. The summed E-state index contributed by atoms with van der Waals surface area (Å²) in [7, 11) is 0. The Hall–Kier alpha value is -2.05. The molecule has 3 rings (SSSR count). The predicted molar refractivity (Wildman–Crippen MR) is 96.2 cm³/mol. The van der Waals surface area contributed by atoms with Crippen LogP contribution in [0.5, 0.6) is 0 Å². The Kier molecular flexibility index (Phi) is 5.01. The first-order chi connectivity index (χ1) is 11.9. The number of aromatic nitrogens is 2. The number of anilines is 1. The lowest BCUT2D eigenvalue weighted by atomic mass is 10.1. The Morgan fingerprint density at radius 3 is 2.64 bits per heavy atom. The predicted octanol–water partition coefficient (Wildman–Crippen LogP) is 2.85. The van der Waals surface area contributed by atoms with E-state index in [0.29, 0.717) is 18.6 Å². The molecule has 2 heterocycles. The molecule has 0 spiro atoms. The molecule has 1 aliphatic heterocycles. The lowest BCUT2D eigenvalue weighted by molar-refractivity contribution is -0.127. The molecule has 1 saturated carbocycles. The van der Waals surface area contributed by atoms with E-state index in [1.54, 1.807) is 11.1 Å². The second-order valence-corrected chi connectivity index (χ2v) is 7.87. The van der Waals surface area contributed by atoms with E-state index in [1.165, 1.54) is 0 Å². The largest absolute Gasteiger partial charge is 0.323 e. The summed E-state index contributed by atoms with van der Waals surface area (Å²) in [6, 6.07) is 0.122. The number of rotatable bonds is 6. The van der Waals surface area contributed by atoms with Crippen molar-refractivity contribution in [3.05, 3.63) is 11.9 Å². The molecule has 3 amide bonds. The van der Waals surface area contributed by atoms with Crippen molar-refractivity contribution >= 4 is 17.6 Å². The van der Waals surface area contributed by atoms with E-state index >= 15 is 0 Å². The van der Waals surface area contributed by atoms with E-state index in [1.807, 2.05) is 9.58 Å². The average Bonchev–Trinajstić information content (AvgIpc) is 3.18. The van der Waals surface area contributed by atoms with Crippen LogP contribution in [-0.4, -0.2) is 50.8 Å². The average molecular weight is 347 g/mol. The maximum atomic E-state index is 12.6. The van der Waals surface area contributed by atoms with Crippen molar-refractivity contribution in [2.24, 2.45) is 5.92 Å². The first kappa shape index (κ1) is 17.8. The molecule has 0 radical (unpaired) electrons. The van der Waals surface area contributed by atoms with Crippen LogP contribution in [0.2, 0.25) is 0 Å². The van der Waals surface area contributed by atoms with Gasteiger partial charge in [-0.1, -0.05) is 27.7 Å². The molecule has 0 unspecified atom stereocenters. The Morgan fingerprint density at radius 2 is 2.04 bits per heavy atom. The van der Waals surface area contributed by atoms with Gasteiger partial charge < -0.3 is 10.2 Å². The molecule has 138 valence electrons. The van der Waals surface area contributed by atoms with Crippen molar-refractivity contribution < 1.29 is 9.59 Å². The highest BCUT2D eigenvalue weighted by Crippen LogP contribution is 2.30. The molecule has 7 nitrogen and oxygen atoms in total. The van der Waals surface area contributed by atoms with E-state index < -0.39 is 0 Å². The van der Waals surface area contributed by atoms with E-state index in [9.17, 15) is 9.59 Å². The summed E-state index contributed by atoms with van der Waals surface area (Å²) in [6.07, 6.45) is 4.89. The first-order valence-corrected chi connectivity index (χ1v) is 9.28. The third kappa shape index (κ3) is 3.96. The smallest absolute Gasteiger partial charge is 0.320 e. The van der Waals surface area contributed by atoms with Crippen LogP contribution in [0.4, 0.5) is 10.5 Å². The van der Waals surface area contributed by atoms with Crippen LogP contribution in [-0.2, 0) is 11.3 Å². The number of aryl methyl sites for hydroxylation is 1. The van der Waals surface area contributed by atoms with Crippen molar-refractivity contribution in [2.45, 2.75) is 65.5 Å². The maximum Gasteiger partial charge on any atom is 0.323 e. The third-order valence-corrected chi connectivity index (χ3v) is 4.83. The van der Waals surface area contributed by atoms with E-state index in [2.05, 4.69) is 38.1 Å². The van der Waals surface area contributed by atoms with Gasteiger partial charge in [0.2, 0.25) is 5.91 Å². The van der Waals surface area contributed by atoms with Crippen LogP contribution in [0, 0.1) is 5.92 Å². The van der Waals surface area contributed by atoms with Crippen molar-refractivity contribution in [3.8, 4) is 0 Å². The fraction of sp³-hybridized carbons (Fsp3) is 0.722. The second-order valence-electron chi connectivity index (χ2n) is 7.87. The molecule has 1 aromatic heterocycles. The normalized spacial score (nSPS) is 17.9. The SMILES string of the molecule is CC(C)CCn1ncc(NC(=O)N2CC(=O)N(C3CC3)C2)c1C(C)C. The van der Waals surface area contributed by atoms with Gasteiger partial charge in [-0.2, -0.15) is 5.10 Å². The summed E-state index contributed by atoms with van der Waals surface area (Å²) in [4.78, 5) is 28.0. The third-order valence-electron chi connectivity index (χ3n) is 4.83. The Morgan fingerprint density at radius 1 is 1.32 bits per heavy atom. The van der Waals surface area contributed by atoms with Gasteiger partial charge in [-0.25, -0.2) is 4.79 Å². The van der Waals surface area contributed by atoms with Crippen molar-refractivity contribution in [1.82, 2.24) is 19.6 Å². The summed E-state index contributed by atoms with van der Waals surface area (Å²) in [5.74, 6) is 0.911. The van der Waals surface area contributed by atoms with Gasteiger partial charge in [-0.15, -0.1) is 0 Å². The van der Waals surface area contributed by atoms with Gasteiger partial charge in [-0.05, 0) is 31.1 Å². The molecule has 0 atom stereocenters. The summed E-state index contributed by atoms with van der Waals surface area (Å²) >= 11 is 0. The maximum absolute atomic E-state index is 12.6. The molecular formula is C18H29N5O2. The molecule has 1 saturated heterocycles. The van der Waals surface area contributed by atoms with Crippen molar-refractivity contribution in [3.63, 3.8) is 0 Å². The van der Waals surface area contributed by atoms with Crippen LogP contribution in [0.1, 0.15) is 58.6 Å². The molecule has 0 bridgehead atoms. The van der Waals surface area contributed by atoms with Crippen molar-refractivity contribution in [1.29, 1.82) is 0 Å². The summed E-state index contributed by atoms with van der Waals surface area (Å²) in [5.41, 5.74) is 1.79. The zero-order chi connectivity index (χ0) is 18.1. The highest BCUT2D eigenvalue weighted by molar-refractivity contribution is 5.94. The molecular weight excluding hydrogens is 318 g/mol. The number of hydrogen-bond donors (Lipinski definition) is 1. The number of carbonyl (C=O) groups is 2. The molecule has 1 aromatic rings. The molecule has 7 heteroatoms.